The van der Waals surface area contributed by atoms with Gasteiger partial charge < -0.3 is 4.98 Å². The first-order chi connectivity index (χ1) is 12.2. The van der Waals surface area contributed by atoms with Gasteiger partial charge in [0.05, 0.1) is 27.3 Å². The van der Waals surface area contributed by atoms with Crippen molar-refractivity contribution in [3.05, 3.63) is 59.4 Å². The number of aromatic amines is 1. The maximum atomic E-state index is 12.5. The molecular weight excluding hydrogens is 332 g/mol. The van der Waals surface area contributed by atoms with Gasteiger partial charge in [0, 0.05) is 12.8 Å². The van der Waals surface area contributed by atoms with Crippen LogP contribution in [0.2, 0.25) is 0 Å². The third kappa shape index (κ3) is 3.02. The van der Waals surface area contributed by atoms with Crippen molar-refractivity contribution in [1.82, 2.24) is 15.0 Å². The lowest BCUT2D eigenvalue weighted by Crippen LogP contribution is -2.11. The van der Waals surface area contributed by atoms with Crippen molar-refractivity contribution >= 4 is 38.4 Å². The van der Waals surface area contributed by atoms with Gasteiger partial charge in [0.2, 0.25) is 0 Å². The molecule has 4 aromatic rings. The Balaban J connectivity index is 1.51. The van der Waals surface area contributed by atoms with E-state index in [-0.39, 0.29) is 12.2 Å². The van der Waals surface area contributed by atoms with Gasteiger partial charge in [-0.3, -0.25) is 4.79 Å². The molecule has 0 radical (unpaired) electrons. The Morgan fingerprint density at radius 1 is 1.12 bits per heavy atom. The predicted molar refractivity (Wildman–Crippen MR) is 97.4 cm³/mol. The summed E-state index contributed by atoms with van der Waals surface area (Å²) in [4.78, 5) is 24.7. The summed E-state index contributed by atoms with van der Waals surface area (Å²) < 4.78 is 0.989. The number of para-hydroxylation sites is 3. The first-order valence-corrected chi connectivity index (χ1v) is 8.77. The number of hydrogen-bond donors (Lipinski definition) is 1. The number of rotatable bonds is 5. The smallest absolute Gasteiger partial charge is 0.157 e. The molecule has 1 N–H and O–H groups in total. The standard InChI is InChI=1S/C19H14N4OS/c20-11-12(19-23-15-7-3-4-8-17(15)25-19)16(24)9-10-18-21-13-5-1-2-6-14(13)22-18/h1-8,12H,9-10H2,(H,21,22)/t12-/m1/s1. The number of carbonyl (C=O) groups excluding carboxylic acids is 1. The number of hydrogen-bond acceptors (Lipinski definition) is 5. The lowest BCUT2D eigenvalue weighted by atomic mass is 10.0. The highest BCUT2D eigenvalue weighted by atomic mass is 32.1. The fourth-order valence-corrected chi connectivity index (χ4v) is 3.82. The Morgan fingerprint density at radius 3 is 2.64 bits per heavy atom. The Morgan fingerprint density at radius 2 is 1.88 bits per heavy atom. The fourth-order valence-electron chi connectivity index (χ4n) is 2.79. The summed E-state index contributed by atoms with van der Waals surface area (Å²) in [6.07, 6.45) is 0.741. The van der Waals surface area contributed by atoms with E-state index in [1.807, 2.05) is 48.5 Å². The van der Waals surface area contributed by atoms with Crippen LogP contribution in [-0.2, 0) is 11.2 Å². The molecule has 0 saturated heterocycles. The van der Waals surface area contributed by atoms with E-state index in [4.69, 9.17) is 0 Å². The minimum atomic E-state index is -0.818. The van der Waals surface area contributed by atoms with Crippen LogP contribution in [0.1, 0.15) is 23.2 Å². The van der Waals surface area contributed by atoms with Gasteiger partial charge >= 0.3 is 0 Å². The topological polar surface area (TPSA) is 82.4 Å². The van der Waals surface area contributed by atoms with Crippen molar-refractivity contribution in [2.45, 2.75) is 18.8 Å². The summed E-state index contributed by atoms with van der Waals surface area (Å²) >= 11 is 1.41. The Kier molecular flexibility index (Phi) is 4.00. The van der Waals surface area contributed by atoms with E-state index >= 15 is 0 Å². The van der Waals surface area contributed by atoms with Crippen LogP contribution in [-0.4, -0.2) is 20.7 Å². The van der Waals surface area contributed by atoms with Gasteiger partial charge in [-0.05, 0) is 24.3 Å². The number of fused-ring (bicyclic) bond motifs is 2. The maximum absolute atomic E-state index is 12.5. The van der Waals surface area contributed by atoms with E-state index in [2.05, 4.69) is 21.0 Å². The molecular formula is C19H14N4OS. The monoisotopic (exact) mass is 346 g/mol. The molecule has 0 aliphatic carbocycles. The number of carbonyl (C=O) groups is 1. The molecule has 0 unspecified atom stereocenters. The summed E-state index contributed by atoms with van der Waals surface area (Å²) in [6, 6.07) is 17.5. The van der Waals surface area contributed by atoms with E-state index in [0.717, 1.165) is 27.1 Å². The number of Topliss-reactive ketones (excluding diaryl/α,β-unsaturated/α-hetero) is 1. The minimum absolute atomic E-state index is 0.123. The number of nitrogens with one attached hydrogen (secondary N) is 1. The van der Waals surface area contributed by atoms with E-state index in [1.165, 1.54) is 11.3 Å². The number of aryl methyl sites for hydroxylation is 1. The van der Waals surface area contributed by atoms with Crippen LogP contribution >= 0.6 is 11.3 Å². The second-order valence-corrected chi connectivity index (χ2v) is 6.81. The highest BCUT2D eigenvalue weighted by Gasteiger charge is 2.24. The molecule has 5 nitrogen and oxygen atoms in total. The van der Waals surface area contributed by atoms with Crippen molar-refractivity contribution in [3.8, 4) is 6.07 Å². The van der Waals surface area contributed by atoms with Crippen LogP contribution in [0, 0.1) is 11.3 Å². The van der Waals surface area contributed by atoms with Crippen LogP contribution in [0.25, 0.3) is 21.3 Å². The Hall–Kier alpha value is -3.04. The number of ketones is 1. The van der Waals surface area contributed by atoms with E-state index in [9.17, 15) is 10.1 Å². The number of nitriles is 1. The van der Waals surface area contributed by atoms with Gasteiger partial charge in [-0.15, -0.1) is 11.3 Å². The van der Waals surface area contributed by atoms with Gasteiger partial charge in [0.15, 0.2) is 11.7 Å². The highest BCUT2D eigenvalue weighted by Crippen LogP contribution is 2.28. The van der Waals surface area contributed by atoms with Crippen molar-refractivity contribution in [2.75, 3.05) is 0 Å². The number of nitrogens with zero attached hydrogens (tertiary/aromatic N) is 3. The molecule has 2 aromatic heterocycles. The predicted octanol–water partition coefficient (Wildman–Crippen LogP) is 3.98. The molecule has 2 heterocycles. The molecule has 0 aliphatic heterocycles. The van der Waals surface area contributed by atoms with E-state index in [1.54, 1.807) is 0 Å². The summed E-state index contributed by atoms with van der Waals surface area (Å²) in [5.41, 5.74) is 2.66. The normalized spacial score (nSPS) is 12.3. The summed E-state index contributed by atoms with van der Waals surface area (Å²) in [5, 5.41) is 10.0. The lowest BCUT2D eigenvalue weighted by molar-refractivity contribution is -0.119. The fraction of sp³-hybridized carbons (Fsp3) is 0.158. The average molecular weight is 346 g/mol. The molecule has 122 valence electrons. The lowest BCUT2D eigenvalue weighted by Gasteiger charge is -2.03. The molecule has 1 atom stereocenters. The molecule has 2 aromatic carbocycles. The minimum Gasteiger partial charge on any atom is -0.342 e. The van der Waals surface area contributed by atoms with Crippen molar-refractivity contribution in [2.24, 2.45) is 0 Å². The van der Waals surface area contributed by atoms with E-state index in [0.29, 0.717) is 11.4 Å². The number of benzene rings is 2. The molecule has 0 spiro atoms. The highest BCUT2D eigenvalue weighted by molar-refractivity contribution is 7.18. The second kappa shape index (κ2) is 6.46. The SMILES string of the molecule is N#C[C@H](C(=O)CCc1nc2ccccc2[nH]1)c1nc2ccccc2s1. The van der Waals surface area contributed by atoms with Gasteiger partial charge in [-0.25, -0.2) is 9.97 Å². The van der Waals surface area contributed by atoms with Crippen LogP contribution in [0.3, 0.4) is 0 Å². The van der Waals surface area contributed by atoms with Crippen LogP contribution < -0.4 is 0 Å². The van der Waals surface area contributed by atoms with Gasteiger partial charge in [-0.2, -0.15) is 5.26 Å². The zero-order chi connectivity index (χ0) is 17.2. The Bertz CT molecular complexity index is 1040. The largest absolute Gasteiger partial charge is 0.342 e. The van der Waals surface area contributed by atoms with Gasteiger partial charge in [-0.1, -0.05) is 24.3 Å². The molecule has 6 heteroatoms. The zero-order valence-electron chi connectivity index (χ0n) is 13.3. The number of H-pyrrole nitrogens is 1. The summed E-state index contributed by atoms with van der Waals surface area (Å²) in [5.74, 6) is -0.181. The number of imidazole rings is 1. The van der Waals surface area contributed by atoms with Crippen molar-refractivity contribution in [3.63, 3.8) is 0 Å². The first-order valence-electron chi connectivity index (χ1n) is 7.96. The first kappa shape index (κ1) is 15.5. The molecule has 25 heavy (non-hydrogen) atoms. The maximum Gasteiger partial charge on any atom is 0.157 e. The quantitative estimate of drug-likeness (QED) is 0.592. The molecule has 0 fully saturated rings. The summed E-state index contributed by atoms with van der Waals surface area (Å²) in [7, 11) is 0. The third-order valence-corrected chi connectivity index (χ3v) is 5.16. The zero-order valence-corrected chi connectivity index (χ0v) is 14.1. The third-order valence-electron chi connectivity index (χ3n) is 4.06. The molecule has 0 aliphatic rings. The van der Waals surface area contributed by atoms with Crippen LogP contribution in [0.4, 0.5) is 0 Å². The van der Waals surface area contributed by atoms with E-state index < -0.39 is 5.92 Å². The number of aromatic nitrogens is 3. The second-order valence-electron chi connectivity index (χ2n) is 5.75. The van der Waals surface area contributed by atoms with Crippen molar-refractivity contribution in [1.29, 1.82) is 5.26 Å². The number of thiazole rings is 1. The van der Waals surface area contributed by atoms with Crippen LogP contribution in [0.5, 0.6) is 0 Å². The molecule has 4 rings (SSSR count). The average Bonchev–Trinajstić information content (AvgIpc) is 3.23. The molecule has 0 bridgehead atoms. The summed E-state index contributed by atoms with van der Waals surface area (Å²) in [6.45, 7) is 0. The van der Waals surface area contributed by atoms with Crippen LogP contribution in [0.15, 0.2) is 48.5 Å². The van der Waals surface area contributed by atoms with Gasteiger partial charge in [0.25, 0.3) is 0 Å². The molecule has 0 amide bonds. The van der Waals surface area contributed by atoms with Crippen molar-refractivity contribution < 1.29 is 4.79 Å². The van der Waals surface area contributed by atoms with Gasteiger partial charge in [0.1, 0.15) is 10.8 Å². The Labute approximate surface area is 148 Å². The molecule has 0 saturated carbocycles.